The number of rotatable bonds is 5. The fourth-order valence-corrected chi connectivity index (χ4v) is 2.78. The predicted molar refractivity (Wildman–Crippen MR) is 62.0 cm³/mol. The molecule has 0 aromatic rings. The summed E-state index contributed by atoms with van der Waals surface area (Å²) in [6.07, 6.45) is 4.50. The number of hydrogen-bond acceptors (Lipinski definition) is 5. The predicted octanol–water partition coefficient (Wildman–Crippen LogP) is 1.18. The van der Waals surface area contributed by atoms with Gasteiger partial charge in [-0.15, -0.1) is 23.5 Å². The molecule has 14 heavy (non-hydrogen) atoms. The maximum atomic E-state index is 11.8. The first-order valence-corrected chi connectivity index (χ1v) is 6.86. The van der Waals surface area contributed by atoms with E-state index < -0.39 is 6.23 Å². The van der Waals surface area contributed by atoms with Crippen molar-refractivity contribution in [2.45, 2.75) is 19.1 Å². The fraction of sp³-hybridized carbons (Fsp3) is 0.667. The zero-order chi connectivity index (χ0) is 10.7. The molecular weight excluding hydrogens is 218 g/mol. The number of hydrogen-bond donors (Lipinski definition) is 2. The average Bonchev–Trinajstić information content (AvgIpc) is 2.95. The number of Topliss-reactive ketones (excluding diaryl/α,β-unsaturated/α-hetero) is 1. The van der Waals surface area contributed by atoms with Crippen molar-refractivity contribution in [2.24, 2.45) is 11.7 Å². The van der Waals surface area contributed by atoms with Crippen molar-refractivity contribution in [1.29, 1.82) is 0 Å². The molecule has 0 saturated heterocycles. The van der Waals surface area contributed by atoms with E-state index in [0.29, 0.717) is 5.57 Å². The molecule has 1 saturated carbocycles. The topological polar surface area (TPSA) is 63.3 Å². The van der Waals surface area contributed by atoms with E-state index in [1.54, 1.807) is 0 Å². The minimum Gasteiger partial charge on any atom is -0.374 e. The van der Waals surface area contributed by atoms with E-state index in [4.69, 9.17) is 5.73 Å². The molecule has 0 heterocycles. The number of aliphatic hydroxyl groups excluding tert-OH is 1. The van der Waals surface area contributed by atoms with Gasteiger partial charge < -0.3 is 10.8 Å². The molecular formula is C9H15NO2S2. The van der Waals surface area contributed by atoms with E-state index in [2.05, 4.69) is 0 Å². The number of thioether (sulfide) groups is 2. The maximum Gasteiger partial charge on any atom is 0.167 e. The van der Waals surface area contributed by atoms with E-state index in [1.807, 2.05) is 12.5 Å². The Hall–Kier alpha value is 0.0300. The van der Waals surface area contributed by atoms with Gasteiger partial charge in [0.05, 0.1) is 9.81 Å². The molecule has 0 radical (unpaired) electrons. The summed E-state index contributed by atoms with van der Waals surface area (Å²) in [5, 5.41) is 9.36. The van der Waals surface area contributed by atoms with Crippen LogP contribution in [0.3, 0.4) is 0 Å². The number of ketones is 1. The van der Waals surface area contributed by atoms with Crippen LogP contribution >= 0.6 is 23.5 Å². The highest BCUT2D eigenvalue weighted by Gasteiger charge is 2.34. The summed E-state index contributed by atoms with van der Waals surface area (Å²) in [6.45, 7) is 0. The Morgan fingerprint density at radius 1 is 1.43 bits per heavy atom. The molecule has 5 heteroatoms. The quantitative estimate of drug-likeness (QED) is 0.551. The second-order valence-electron chi connectivity index (χ2n) is 3.19. The summed E-state index contributed by atoms with van der Waals surface area (Å²) in [5.74, 6) is 0.135. The molecule has 0 aliphatic heterocycles. The molecule has 1 aliphatic carbocycles. The lowest BCUT2D eigenvalue weighted by molar-refractivity contribution is -0.117. The van der Waals surface area contributed by atoms with Gasteiger partial charge in [-0.25, -0.2) is 0 Å². The van der Waals surface area contributed by atoms with E-state index in [0.717, 1.165) is 17.1 Å². The third kappa shape index (κ3) is 2.76. The van der Waals surface area contributed by atoms with Crippen molar-refractivity contribution in [3.63, 3.8) is 0 Å². The van der Waals surface area contributed by atoms with Crippen LogP contribution < -0.4 is 5.73 Å². The van der Waals surface area contributed by atoms with Gasteiger partial charge in [-0.1, -0.05) is 0 Å². The van der Waals surface area contributed by atoms with Gasteiger partial charge in [-0.05, 0) is 25.4 Å². The van der Waals surface area contributed by atoms with Crippen LogP contribution in [0.4, 0.5) is 0 Å². The van der Waals surface area contributed by atoms with E-state index in [-0.39, 0.29) is 11.7 Å². The zero-order valence-electron chi connectivity index (χ0n) is 8.32. The Bertz CT molecular complexity index is 254. The third-order valence-corrected chi connectivity index (χ3v) is 4.28. The van der Waals surface area contributed by atoms with Crippen molar-refractivity contribution in [2.75, 3.05) is 12.5 Å². The second-order valence-corrected chi connectivity index (χ2v) is 5.08. The van der Waals surface area contributed by atoms with Crippen molar-refractivity contribution in [3.05, 3.63) is 9.81 Å². The Labute approximate surface area is 92.5 Å². The molecule has 0 aromatic heterocycles. The van der Waals surface area contributed by atoms with Gasteiger partial charge in [-0.3, -0.25) is 4.79 Å². The van der Waals surface area contributed by atoms with E-state index >= 15 is 0 Å². The van der Waals surface area contributed by atoms with Crippen LogP contribution in [-0.2, 0) is 4.79 Å². The minimum atomic E-state index is -1.14. The molecule has 1 fully saturated rings. The van der Waals surface area contributed by atoms with Gasteiger partial charge in [0.25, 0.3) is 0 Å². The van der Waals surface area contributed by atoms with Crippen molar-refractivity contribution in [1.82, 2.24) is 0 Å². The Morgan fingerprint density at radius 2 is 1.93 bits per heavy atom. The second kappa shape index (κ2) is 5.21. The summed E-state index contributed by atoms with van der Waals surface area (Å²) in [7, 11) is 0. The summed E-state index contributed by atoms with van der Waals surface area (Å²) < 4.78 is 0.830. The van der Waals surface area contributed by atoms with Crippen molar-refractivity contribution >= 4 is 29.3 Å². The number of carbonyl (C=O) groups excluding carboxylic acids is 1. The third-order valence-electron chi connectivity index (χ3n) is 2.10. The standard InChI is InChI=1S/C9H15NO2S2/c1-13-9(14-2)6(8(10)12)7(11)5-3-4-5/h5,8,12H,3-4,10H2,1-2H3/t8-/m0/s1. The first-order chi connectivity index (χ1) is 6.61. The van der Waals surface area contributed by atoms with Crippen LogP contribution in [0.15, 0.2) is 9.81 Å². The van der Waals surface area contributed by atoms with Gasteiger partial charge in [0.1, 0.15) is 6.23 Å². The Kier molecular flexibility index (Phi) is 4.50. The van der Waals surface area contributed by atoms with Gasteiger partial charge >= 0.3 is 0 Å². The lowest BCUT2D eigenvalue weighted by Gasteiger charge is -2.13. The van der Waals surface area contributed by atoms with Gasteiger partial charge in [0, 0.05) is 5.92 Å². The monoisotopic (exact) mass is 233 g/mol. The zero-order valence-corrected chi connectivity index (χ0v) is 9.95. The van der Waals surface area contributed by atoms with E-state index in [1.165, 1.54) is 23.5 Å². The number of carbonyl (C=O) groups is 1. The lowest BCUT2D eigenvalue weighted by atomic mass is 10.1. The highest BCUT2D eigenvalue weighted by Crippen LogP contribution is 2.37. The Balaban J connectivity index is 2.91. The van der Waals surface area contributed by atoms with Gasteiger partial charge in [0.15, 0.2) is 5.78 Å². The van der Waals surface area contributed by atoms with Crippen LogP contribution in [-0.4, -0.2) is 29.6 Å². The Morgan fingerprint density at radius 3 is 2.21 bits per heavy atom. The fourth-order valence-electron chi connectivity index (χ4n) is 1.24. The highest BCUT2D eigenvalue weighted by molar-refractivity contribution is 8.21. The number of aliphatic hydroxyl groups is 1. The number of nitrogens with two attached hydrogens (primary N) is 1. The average molecular weight is 233 g/mol. The summed E-state index contributed by atoms with van der Waals surface area (Å²) >= 11 is 2.92. The first-order valence-electron chi connectivity index (χ1n) is 4.41. The molecule has 0 amide bonds. The summed E-state index contributed by atoms with van der Waals surface area (Å²) in [4.78, 5) is 11.8. The molecule has 80 valence electrons. The molecule has 0 spiro atoms. The normalized spacial score (nSPS) is 17.7. The molecule has 1 aliphatic rings. The molecule has 3 N–H and O–H groups in total. The van der Waals surface area contributed by atoms with Crippen LogP contribution in [0.25, 0.3) is 0 Å². The minimum absolute atomic E-state index is 0.0266. The molecule has 0 aromatic carbocycles. The maximum absolute atomic E-state index is 11.8. The lowest BCUT2D eigenvalue weighted by Crippen LogP contribution is -2.28. The molecule has 0 bridgehead atoms. The first kappa shape index (κ1) is 12.1. The van der Waals surface area contributed by atoms with E-state index in [9.17, 15) is 9.90 Å². The molecule has 1 rings (SSSR count). The molecule has 0 unspecified atom stereocenters. The van der Waals surface area contributed by atoms with Crippen LogP contribution in [0.1, 0.15) is 12.8 Å². The van der Waals surface area contributed by atoms with Crippen molar-refractivity contribution in [3.8, 4) is 0 Å². The van der Waals surface area contributed by atoms with Crippen molar-refractivity contribution < 1.29 is 9.90 Å². The highest BCUT2D eigenvalue weighted by atomic mass is 32.2. The van der Waals surface area contributed by atoms with Crippen LogP contribution in [0, 0.1) is 5.92 Å². The SMILES string of the molecule is CSC(SC)=C(C(=O)C1CC1)[C@@H](N)O. The molecule has 3 nitrogen and oxygen atoms in total. The summed E-state index contributed by atoms with van der Waals surface area (Å²) in [5.41, 5.74) is 5.80. The van der Waals surface area contributed by atoms with Gasteiger partial charge in [-0.2, -0.15) is 0 Å². The largest absolute Gasteiger partial charge is 0.374 e. The van der Waals surface area contributed by atoms with Gasteiger partial charge in [0.2, 0.25) is 0 Å². The van der Waals surface area contributed by atoms with Crippen LogP contribution in [0.2, 0.25) is 0 Å². The summed E-state index contributed by atoms with van der Waals surface area (Å²) in [6, 6.07) is 0. The van der Waals surface area contributed by atoms with Crippen LogP contribution in [0.5, 0.6) is 0 Å². The smallest absolute Gasteiger partial charge is 0.167 e. The molecule has 1 atom stereocenters.